The van der Waals surface area contributed by atoms with E-state index in [1.165, 1.54) is 12.5 Å². The van der Waals surface area contributed by atoms with E-state index in [2.05, 4.69) is 20.6 Å². The van der Waals surface area contributed by atoms with Crippen molar-refractivity contribution in [3.05, 3.63) is 18.1 Å². The van der Waals surface area contributed by atoms with E-state index in [-0.39, 0.29) is 13.1 Å². The van der Waals surface area contributed by atoms with Crippen molar-refractivity contribution in [2.45, 2.75) is 33.2 Å². The van der Waals surface area contributed by atoms with Crippen molar-refractivity contribution in [1.29, 1.82) is 0 Å². The van der Waals surface area contributed by atoms with E-state index in [0.717, 1.165) is 0 Å². The number of amides is 2. The molecule has 0 aliphatic heterocycles. The Kier molecular flexibility index (Phi) is 5.89. The van der Waals surface area contributed by atoms with E-state index in [1.54, 1.807) is 13.8 Å². The Morgan fingerprint density at radius 1 is 1.33 bits per heavy atom. The number of hydrogen-bond donors (Lipinski definition) is 4. The van der Waals surface area contributed by atoms with Crippen molar-refractivity contribution < 1.29 is 14.7 Å². The van der Waals surface area contributed by atoms with Crippen LogP contribution in [-0.4, -0.2) is 33.6 Å². The molecule has 116 valence electrons. The first-order valence-corrected chi connectivity index (χ1v) is 6.74. The van der Waals surface area contributed by atoms with E-state index in [1.807, 2.05) is 0 Å². The molecule has 0 atom stereocenters. The van der Waals surface area contributed by atoms with Gasteiger partial charge in [-0.3, -0.25) is 4.79 Å². The van der Waals surface area contributed by atoms with Crippen LogP contribution in [0.5, 0.6) is 0 Å². The highest BCUT2D eigenvalue weighted by Crippen LogP contribution is 2.25. The Balaban J connectivity index is 2.51. The highest BCUT2D eigenvalue weighted by atomic mass is 16.4. The molecule has 0 radical (unpaired) electrons. The molecule has 0 unspecified atom stereocenters. The Hall–Kier alpha value is -2.38. The second kappa shape index (κ2) is 7.41. The van der Waals surface area contributed by atoms with Crippen LogP contribution in [0.15, 0.2) is 12.5 Å². The van der Waals surface area contributed by atoms with E-state index in [4.69, 9.17) is 5.73 Å². The molecule has 1 aromatic heterocycles. The van der Waals surface area contributed by atoms with Crippen LogP contribution < -0.4 is 16.4 Å². The molecule has 1 heterocycles. The molecule has 2 amide bonds. The number of nitrogens with one attached hydrogen (secondary N) is 2. The number of carbonyl (C=O) groups is 2. The number of anilines is 1. The van der Waals surface area contributed by atoms with Gasteiger partial charge in [0.1, 0.15) is 12.1 Å². The average molecular weight is 295 g/mol. The number of carbonyl (C=O) groups excluding carboxylic acids is 1. The maximum atomic E-state index is 11.7. The van der Waals surface area contributed by atoms with E-state index in [0.29, 0.717) is 24.2 Å². The van der Waals surface area contributed by atoms with Crippen molar-refractivity contribution in [2.75, 3.05) is 12.3 Å². The van der Waals surface area contributed by atoms with Gasteiger partial charge in [-0.05, 0) is 12.8 Å². The molecule has 0 aliphatic carbocycles. The molecule has 0 saturated heterocycles. The molecule has 0 bridgehead atoms. The van der Waals surface area contributed by atoms with Crippen molar-refractivity contribution in [1.82, 2.24) is 20.6 Å². The topological polar surface area (TPSA) is 130 Å². The van der Waals surface area contributed by atoms with Gasteiger partial charge in [0.05, 0.1) is 5.41 Å². The number of carboxylic acids is 1. The second-order valence-electron chi connectivity index (χ2n) is 4.76. The van der Waals surface area contributed by atoms with Gasteiger partial charge in [-0.15, -0.1) is 0 Å². The standard InChI is InChI=1S/C13H21N5O3/c1-3-13(4-2,11(19)20)7-17-12(21)16-6-9-5-15-8-18-10(9)14/h5,8H,3-4,6-7H2,1-2H3,(H,19,20)(H2,14,15,18)(H2,16,17,21). The first kappa shape index (κ1) is 16.7. The van der Waals surface area contributed by atoms with Gasteiger partial charge in [0.25, 0.3) is 0 Å². The van der Waals surface area contributed by atoms with E-state index < -0.39 is 17.4 Å². The minimum absolute atomic E-state index is 0.0714. The summed E-state index contributed by atoms with van der Waals surface area (Å²) >= 11 is 0. The van der Waals surface area contributed by atoms with Gasteiger partial charge in [0.2, 0.25) is 0 Å². The van der Waals surface area contributed by atoms with Crippen LogP contribution >= 0.6 is 0 Å². The molecule has 0 aromatic carbocycles. The fourth-order valence-electron chi connectivity index (χ4n) is 1.87. The number of nitrogen functional groups attached to an aromatic ring is 1. The summed E-state index contributed by atoms with van der Waals surface area (Å²) in [5.74, 6) is -0.610. The second-order valence-corrected chi connectivity index (χ2v) is 4.76. The van der Waals surface area contributed by atoms with Crippen LogP contribution in [0.4, 0.5) is 10.6 Å². The fourth-order valence-corrected chi connectivity index (χ4v) is 1.87. The third kappa shape index (κ3) is 4.30. The first-order valence-electron chi connectivity index (χ1n) is 6.74. The summed E-state index contributed by atoms with van der Waals surface area (Å²) in [6.07, 6.45) is 3.72. The zero-order valence-electron chi connectivity index (χ0n) is 12.2. The monoisotopic (exact) mass is 295 g/mol. The number of carboxylic acid groups (broad SMARTS) is 1. The van der Waals surface area contributed by atoms with Crippen molar-refractivity contribution >= 4 is 17.8 Å². The minimum Gasteiger partial charge on any atom is -0.481 e. The molecule has 8 heteroatoms. The largest absolute Gasteiger partial charge is 0.481 e. The van der Waals surface area contributed by atoms with Crippen LogP contribution in [-0.2, 0) is 11.3 Å². The highest BCUT2D eigenvalue weighted by molar-refractivity contribution is 5.78. The summed E-state index contributed by atoms with van der Waals surface area (Å²) in [4.78, 5) is 30.7. The smallest absolute Gasteiger partial charge is 0.315 e. The molecule has 21 heavy (non-hydrogen) atoms. The first-order chi connectivity index (χ1) is 9.95. The molecular formula is C13H21N5O3. The van der Waals surface area contributed by atoms with Gasteiger partial charge >= 0.3 is 12.0 Å². The van der Waals surface area contributed by atoms with Gasteiger partial charge in [-0.1, -0.05) is 13.8 Å². The van der Waals surface area contributed by atoms with Crippen molar-refractivity contribution in [3.63, 3.8) is 0 Å². The van der Waals surface area contributed by atoms with Gasteiger partial charge in [0.15, 0.2) is 0 Å². The molecule has 0 aliphatic rings. The van der Waals surface area contributed by atoms with Crippen molar-refractivity contribution in [3.8, 4) is 0 Å². The maximum absolute atomic E-state index is 11.7. The number of nitrogens with zero attached hydrogens (tertiary/aromatic N) is 2. The van der Waals surface area contributed by atoms with Gasteiger partial charge < -0.3 is 21.5 Å². The van der Waals surface area contributed by atoms with Crippen LogP contribution in [0, 0.1) is 5.41 Å². The summed E-state index contributed by atoms with van der Waals surface area (Å²) in [5, 5.41) is 14.5. The zero-order chi connectivity index (χ0) is 15.9. The quantitative estimate of drug-likeness (QED) is 0.587. The van der Waals surface area contributed by atoms with Gasteiger partial charge in [-0.25, -0.2) is 14.8 Å². The van der Waals surface area contributed by atoms with E-state index >= 15 is 0 Å². The number of aliphatic carboxylic acids is 1. The third-order valence-corrected chi connectivity index (χ3v) is 3.66. The molecule has 0 spiro atoms. The summed E-state index contributed by atoms with van der Waals surface area (Å²) in [7, 11) is 0. The summed E-state index contributed by atoms with van der Waals surface area (Å²) in [6, 6.07) is -0.453. The van der Waals surface area contributed by atoms with Crippen LogP contribution in [0.2, 0.25) is 0 Å². The number of aromatic nitrogens is 2. The number of rotatable bonds is 7. The molecule has 1 rings (SSSR count). The third-order valence-electron chi connectivity index (χ3n) is 3.66. The van der Waals surface area contributed by atoms with Crippen LogP contribution in [0.1, 0.15) is 32.3 Å². The summed E-state index contributed by atoms with van der Waals surface area (Å²) in [5.41, 5.74) is 5.29. The predicted octanol–water partition coefficient (Wildman–Crippen LogP) is 0.749. The molecule has 5 N–H and O–H groups in total. The SMILES string of the molecule is CCC(CC)(CNC(=O)NCc1cncnc1N)C(=O)O. The lowest BCUT2D eigenvalue weighted by Crippen LogP contribution is -2.45. The Labute approximate surface area is 123 Å². The molecular weight excluding hydrogens is 274 g/mol. The lowest BCUT2D eigenvalue weighted by Gasteiger charge is -2.26. The van der Waals surface area contributed by atoms with Gasteiger partial charge in [-0.2, -0.15) is 0 Å². The lowest BCUT2D eigenvalue weighted by atomic mass is 9.82. The molecule has 8 nitrogen and oxygen atoms in total. The predicted molar refractivity (Wildman–Crippen MR) is 77.3 cm³/mol. The maximum Gasteiger partial charge on any atom is 0.315 e. The summed E-state index contributed by atoms with van der Waals surface area (Å²) in [6.45, 7) is 3.83. The Morgan fingerprint density at radius 3 is 2.52 bits per heavy atom. The lowest BCUT2D eigenvalue weighted by molar-refractivity contribution is -0.149. The number of urea groups is 1. The normalized spacial score (nSPS) is 11.0. The number of hydrogen-bond acceptors (Lipinski definition) is 5. The molecule has 1 aromatic rings. The minimum atomic E-state index is -0.938. The Morgan fingerprint density at radius 2 is 2.00 bits per heavy atom. The van der Waals surface area contributed by atoms with E-state index in [9.17, 15) is 14.7 Å². The molecule has 0 saturated carbocycles. The Bertz CT molecular complexity index is 502. The molecule has 0 fully saturated rings. The number of nitrogens with two attached hydrogens (primary N) is 1. The zero-order valence-corrected chi connectivity index (χ0v) is 12.2. The highest BCUT2D eigenvalue weighted by Gasteiger charge is 2.35. The fraction of sp³-hybridized carbons (Fsp3) is 0.538. The van der Waals surface area contributed by atoms with Crippen molar-refractivity contribution in [2.24, 2.45) is 5.41 Å². The average Bonchev–Trinajstić information content (AvgIpc) is 2.47. The summed E-state index contributed by atoms with van der Waals surface area (Å²) < 4.78 is 0. The van der Waals surface area contributed by atoms with Crippen LogP contribution in [0.3, 0.4) is 0 Å². The van der Waals surface area contributed by atoms with Gasteiger partial charge in [0, 0.05) is 24.8 Å². The van der Waals surface area contributed by atoms with Crippen LogP contribution in [0.25, 0.3) is 0 Å².